The minimum absolute atomic E-state index is 0.247. The fourth-order valence-electron chi connectivity index (χ4n) is 3.59. The van der Waals surface area contributed by atoms with E-state index < -0.39 is 16.1 Å². The zero-order valence-corrected chi connectivity index (χ0v) is 19.1. The number of nitrogens with two attached hydrogens (primary N) is 2. The van der Waals surface area contributed by atoms with Crippen LogP contribution >= 0.6 is 0 Å². The molecular formula is C20H28N8O4S. The SMILES string of the molecule is CCOc1cc(Nc2ncc(C(N)=O)c(NC3CC3)n2)ccc1N1CCN(S(N)(=O)=O)CC1. The minimum atomic E-state index is -3.69. The predicted octanol–water partition coefficient (Wildman–Crippen LogP) is 0.618. The van der Waals surface area contributed by atoms with Gasteiger partial charge in [0.1, 0.15) is 11.6 Å². The Labute approximate surface area is 192 Å². The second-order valence-electron chi connectivity index (χ2n) is 7.91. The van der Waals surface area contributed by atoms with Crippen LogP contribution < -0.4 is 31.1 Å². The Balaban J connectivity index is 1.52. The Morgan fingerprint density at radius 1 is 1.24 bits per heavy atom. The van der Waals surface area contributed by atoms with Crippen molar-refractivity contribution in [3.63, 3.8) is 0 Å². The van der Waals surface area contributed by atoms with Gasteiger partial charge in [-0.05, 0) is 31.9 Å². The summed E-state index contributed by atoms with van der Waals surface area (Å²) in [7, 11) is -3.69. The highest BCUT2D eigenvalue weighted by Crippen LogP contribution is 2.33. The van der Waals surface area contributed by atoms with Crippen LogP contribution in [0.15, 0.2) is 24.4 Å². The van der Waals surface area contributed by atoms with Crippen LogP contribution in [0, 0.1) is 0 Å². The maximum Gasteiger partial charge on any atom is 0.277 e. The van der Waals surface area contributed by atoms with E-state index in [2.05, 4.69) is 25.5 Å². The monoisotopic (exact) mass is 476 g/mol. The fourth-order valence-corrected chi connectivity index (χ4v) is 4.26. The molecule has 2 aromatic rings. The summed E-state index contributed by atoms with van der Waals surface area (Å²) in [4.78, 5) is 22.4. The second-order valence-corrected chi connectivity index (χ2v) is 9.46. The Morgan fingerprint density at radius 2 is 1.97 bits per heavy atom. The first-order valence-corrected chi connectivity index (χ1v) is 12.2. The van der Waals surface area contributed by atoms with Gasteiger partial charge in [0.15, 0.2) is 0 Å². The topological polar surface area (TPSA) is 169 Å². The zero-order valence-electron chi connectivity index (χ0n) is 18.3. The van der Waals surface area contributed by atoms with Gasteiger partial charge in [-0.2, -0.15) is 17.7 Å². The van der Waals surface area contributed by atoms with E-state index in [0.29, 0.717) is 62.0 Å². The molecule has 1 aromatic carbocycles. The normalized spacial score (nSPS) is 17.0. The molecule has 0 bridgehead atoms. The summed E-state index contributed by atoms with van der Waals surface area (Å²) in [5.41, 5.74) is 7.25. The van der Waals surface area contributed by atoms with E-state index in [9.17, 15) is 13.2 Å². The van der Waals surface area contributed by atoms with E-state index in [4.69, 9.17) is 15.6 Å². The number of nitrogens with zero attached hydrogens (tertiary/aromatic N) is 4. The number of carbonyl (C=O) groups is 1. The quantitative estimate of drug-likeness (QED) is 0.405. The number of ether oxygens (including phenoxy) is 1. The number of rotatable bonds is 9. The van der Waals surface area contributed by atoms with E-state index in [1.165, 1.54) is 10.5 Å². The lowest BCUT2D eigenvalue weighted by Gasteiger charge is -2.35. The van der Waals surface area contributed by atoms with Crippen molar-refractivity contribution >= 4 is 39.3 Å². The Hall–Kier alpha value is -3.16. The van der Waals surface area contributed by atoms with Gasteiger partial charge in [0, 0.05) is 50.2 Å². The molecule has 0 radical (unpaired) electrons. The number of benzene rings is 1. The van der Waals surface area contributed by atoms with Crippen molar-refractivity contribution < 1.29 is 17.9 Å². The Bertz CT molecular complexity index is 1130. The molecule has 1 saturated carbocycles. The van der Waals surface area contributed by atoms with Gasteiger partial charge in [-0.25, -0.2) is 10.1 Å². The van der Waals surface area contributed by atoms with E-state index in [0.717, 1.165) is 18.5 Å². The van der Waals surface area contributed by atoms with Gasteiger partial charge < -0.3 is 26.0 Å². The molecule has 0 atom stereocenters. The molecule has 1 amide bonds. The summed E-state index contributed by atoms with van der Waals surface area (Å²) in [6.07, 6.45) is 3.45. The maximum atomic E-state index is 11.7. The smallest absolute Gasteiger partial charge is 0.277 e. The van der Waals surface area contributed by atoms with Crippen LogP contribution in [0.25, 0.3) is 0 Å². The lowest BCUT2D eigenvalue weighted by Crippen LogP contribution is -2.50. The molecule has 1 saturated heterocycles. The highest BCUT2D eigenvalue weighted by molar-refractivity contribution is 7.86. The van der Waals surface area contributed by atoms with Crippen LogP contribution in [0.4, 0.5) is 23.1 Å². The molecule has 13 heteroatoms. The van der Waals surface area contributed by atoms with Gasteiger partial charge in [-0.1, -0.05) is 0 Å². The second kappa shape index (κ2) is 9.37. The summed E-state index contributed by atoms with van der Waals surface area (Å²) in [5.74, 6) is 0.795. The molecule has 2 aliphatic rings. The summed E-state index contributed by atoms with van der Waals surface area (Å²) >= 11 is 0. The predicted molar refractivity (Wildman–Crippen MR) is 125 cm³/mol. The zero-order chi connectivity index (χ0) is 23.6. The molecule has 2 heterocycles. The van der Waals surface area contributed by atoms with Crippen molar-refractivity contribution in [3.05, 3.63) is 30.0 Å². The summed E-state index contributed by atoms with van der Waals surface area (Å²) in [6, 6.07) is 5.90. The number of nitrogens with one attached hydrogen (secondary N) is 2. The Kier molecular flexibility index (Phi) is 6.54. The van der Waals surface area contributed by atoms with E-state index >= 15 is 0 Å². The van der Waals surface area contributed by atoms with Crippen LogP contribution in [0.1, 0.15) is 30.1 Å². The number of carbonyl (C=O) groups excluding carboxylic acids is 1. The first-order chi connectivity index (χ1) is 15.7. The molecular weight excluding hydrogens is 448 g/mol. The number of primary amides is 1. The molecule has 0 unspecified atom stereocenters. The van der Waals surface area contributed by atoms with E-state index in [1.807, 2.05) is 25.1 Å². The highest BCUT2D eigenvalue weighted by Gasteiger charge is 2.26. The molecule has 1 aromatic heterocycles. The summed E-state index contributed by atoms with van der Waals surface area (Å²) in [5, 5.41) is 11.6. The van der Waals surface area contributed by atoms with E-state index in [-0.39, 0.29) is 5.56 Å². The number of piperazine rings is 1. The lowest BCUT2D eigenvalue weighted by molar-refractivity contribution is 0.100. The average molecular weight is 477 g/mol. The van der Waals surface area contributed by atoms with Crippen molar-refractivity contribution in [2.24, 2.45) is 10.9 Å². The lowest BCUT2D eigenvalue weighted by atomic mass is 10.2. The first kappa shape index (κ1) is 23.0. The van der Waals surface area contributed by atoms with E-state index in [1.54, 1.807) is 0 Å². The fraction of sp³-hybridized carbons (Fsp3) is 0.450. The van der Waals surface area contributed by atoms with Gasteiger partial charge in [0.25, 0.3) is 16.1 Å². The van der Waals surface area contributed by atoms with Crippen molar-refractivity contribution in [1.29, 1.82) is 0 Å². The van der Waals surface area contributed by atoms with Crippen molar-refractivity contribution in [2.45, 2.75) is 25.8 Å². The van der Waals surface area contributed by atoms with Crippen LogP contribution in [0.2, 0.25) is 0 Å². The molecule has 33 heavy (non-hydrogen) atoms. The van der Waals surface area contributed by atoms with Gasteiger partial charge in [-0.3, -0.25) is 4.79 Å². The number of anilines is 4. The first-order valence-electron chi connectivity index (χ1n) is 10.7. The number of hydrogen-bond donors (Lipinski definition) is 4. The van der Waals surface area contributed by atoms with Crippen molar-refractivity contribution in [2.75, 3.05) is 48.3 Å². The van der Waals surface area contributed by atoms with Crippen molar-refractivity contribution in [3.8, 4) is 5.75 Å². The third kappa shape index (κ3) is 5.61. The number of hydrogen-bond acceptors (Lipinski definition) is 9. The van der Waals surface area contributed by atoms with Gasteiger partial charge in [0.2, 0.25) is 5.95 Å². The number of amides is 1. The summed E-state index contributed by atoms with van der Waals surface area (Å²) in [6.45, 7) is 3.97. The molecule has 1 aliphatic carbocycles. The third-order valence-electron chi connectivity index (χ3n) is 5.43. The molecule has 1 aliphatic heterocycles. The Morgan fingerprint density at radius 3 is 2.58 bits per heavy atom. The number of aromatic nitrogens is 2. The summed E-state index contributed by atoms with van der Waals surface area (Å²) < 4.78 is 30.3. The third-order valence-corrected chi connectivity index (χ3v) is 6.51. The van der Waals surface area contributed by atoms with Crippen molar-refractivity contribution in [1.82, 2.24) is 14.3 Å². The van der Waals surface area contributed by atoms with Gasteiger partial charge in [0.05, 0.1) is 17.9 Å². The average Bonchev–Trinajstić information content (AvgIpc) is 3.58. The van der Waals surface area contributed by atoms with Crippen LogP contribution in [-0.2, 0) is 10.2 Å². The molecule has 178 valence electrons. The molecule has 6 N–H and O–H groups in total. The van der Waals surface area contributed by atoms with Crippen LogP contribution in [-0.4, -0.2) is 67.4 Å². The van der Waals surface area contributed by atoms with Crippen LogP contribution in [0.5, 0.6) is 5.75 Å². The maximum absolute atomic E-state index is 11.7. The minimum Gasteiger partial charge on any atom is -0.492 e. The molecule has 0 spiro atoms. The standard InChI is InChI=1S/C20H28N8O4S/c1-2-32-17-11-14(5-6-16(17)27-7-9-28(10-8-27)33(22,30)31)25-20-23-12-15(18(21)29)19(26-20)24-13-3-4-13/h5-6,11-13H,2-4,7-10H2,1H3,(H2,21,29)(H2,22,30,31)(H2,23,24,25,26). The molecule has 2 fully saturated rings. The van der Waals surface area contributed by atoms with Gasteiger partial charge >= 0.3 is 0 Å². The largest absolute Gasteiger partial charge is 0.492 e. The molecule has 12 nitrogen and oxygen atoms in total. The molecule has 4 rings (SSSR count). The van der Waals surface area contributed by atoms with Gasteiger partial charge in [-0.15, -0.1) is 0 Å². The van der Waals surface area contributed by atoms with Crippen LogP contribution in [0.3, 0.4) is 0 Å². The highest BCUT2D eigenvalue weighted by atomic mass is 32.2.